The third kappa shape index (κ3) is 4.21. The van der Waals surface area contributed by atoms with Crippen LogP contribution in [0.1, 0.15) is 38.2 Å². The molecule has 26 heavy (non-hydrogen) atoms. The van der Waals surface area contributed by atoms with E-state index in [2.05, 4.69) is 42.0 Å². The fourth-order valence-corrected chi connectivity index (χ4v) is 4.20. The average molecular weight is 360 g/mol. The molecule has 5 nitrogen and oxygen atoms in total. The van der Waals surface area contributed by atoms with Gasteiger partial charge in [-0.2, -0.15) is 0 Å². The van der Waals surface area contributed by atoms with Crippen molar-refractivity contribution in [3.8, 4) is 5.75 Å². The molecule has 0 aliphatic carbocycles. The van der Waals surface area contributed by atoms with Crippen LogP contribution in [-0.2, 0) is 11.3 Å². The monoisotopic (exact) mass is 359 g/mol. The summed E-state index contributed by atoms with van der Waals surface area (Å²) in [6.45, 7) is 7.80. The lowest BCUT2D eigenvalue weighted by atomic mass is 9.86. The van der Waals surface area contributed by atoms with Crippen molar-refractivity contribution in [3.05, 3.63) is 29.8 Å². The first kappa shape index (κ1) is 19.2. The number of ether oxygens (including phenoxy) is 1. The van der Waals surface area contributed by atoms with Gasteiger partial charge in [-0.3, -0.25) is 14.6 Å². The van der Waals surface area contributed by atoms with Crippen molar-refractivity contribution in [2.24, 2.45) is 0 Å². The fourth-order valence-electron chi connectivity index (χ4n) is 4.20. The molecule has 0 N–H and O–H groups in total. The number of nitrogens with zero attached hydrogens (tertiary/aromatic N) is 3. The van der Waals surface area contributed by atoms with Gasteiger partial charge in [-0.1, -0.05) is 25.1 Å². The Morgan fingerprint density at radius 3 is 2.73 bits per heavy atom. The van der Waals surface area contributed by atoms with Crippen molar-refractivity contribution in [3.63, 3.8) is 0 Å². The molecule has 1 amide bonds. The topological polar surface area (TPSA) is 36.0 Å². The summed E-state index contributed by atoms with van der Waals surface area (Å²) in [7, 11) is 4.16. The van der Waals surface area contributed by atoms with Gasteiger partial charge in [0.25, 0.3) is 0 Å². The van der Waals surface area contributed by atoms with Gasteiger partial charge in [0.1, 0.15) is 5.75 Å². The second-order valence-corrected chi connectivity index (χ2v) is 7.88. The zero-order valence-electron chi connectivity index (χ0n) is 16.5. The lowest BCUT2D eigenvalue weighted by molar-refractivity contribution is -0.129. The molecule has 0 unspecified atom stereocenters. The fraction of sp³-hybridized carbons (Fsp3) is 0.667. The lowest BCUT2D eigenvalue weighted by Gasteiger charge is -2.49. The minimum absolute atomic E-state index is 0.109. The van der Waals surface area contributed by atoms with E-state index in [0.29, 0.717) is 6.42 Å². The van der Waals surface area contributed by atoms with Gasteiger partial charge in [0.15, 0.2) is 0 Å². The van der Waals surface area contributed by atoms with Gasteiger partial charge in [-0.05, 0) is 32.4 Å². The number of para-hydroxylation sites is 1. The first-order chi connectivity index (χ1) is 12.5. The van der Waals surface area contributed by atoms with Crippen LogP contribution in [-0.4, -0.2) is 73.0 Å². The maximum absolute atomic E-state index is 12.1. The van der Waals surface area contributed by atoms with Crippen LogP contribution in [0.5, 0.6) is 5.75 Å². The quantitative estimate of drug-likeness (QED) is 0.810. The summed E-state index contributed by atoms with van der Waals surface area (Å²) in [5.74, 6) is 1.30. The van der Waals surface area contributed by atoms with Crippen molar-refractivity contribution >= 4 is 5.91 Å². The highest BCUT2D eigenvalue weighted by atomic mass is 16.5. The Labute approximate surface area is 157 Å². The summed E-state index contributed by atoms with van der Waals surface area (Å²) in [5.41, 5.74) is 1.38. The molecule has 1 atom stereocenters. The van der Waals surface area contributed by atoms with E-state index in [9.17, 15) is 4.79 Å². The number of likely N-dealkylation sites (tertiary alicyclic amines) is 1. The summed E-state index contributed by atoms with van der Waals surface area (Å²) in [5, 5.41) is 0. The van der Waals surface area contributed by atoms with Crippen LogP contribution in [0.2, 0.25) is 0 Å². The zero-order chi connectivity index (χ0) is 18.6. The van der Waals surface area contributed by atoms with E-state index in [4.69, 9.17) is 4.74 Å². The Hall–Kier alpha value is -1.59. The molecular formula is C21H33N3O2. The lowest BCUT2D eigenvalue weighted by Crippen LogP contribution is -2.60. The van der Waals surface area contributed by atoms with Crippen LogP contribution >= 0.6 is 0 Å². The van der Waals surface area contributed by atoms with E-state index in [1.807, 2.05) is 18.0 Å². The molecule has 1 aromatic carbocycles. The second-order valence-electron chi connectivity index (χ2n) is 7.88. The maximum atomic E-state index is 12.1. The van der Waals surface area contributed by atoms with Crippen molar-refractivity contribution in [1.29, 1.82) is 0 Å². The molecule has 1 aromatic rings. The number of piperazine rings is 1. The number of likely N-dealkylation sites (N-methyl/N-ethyl adjacent to an activating group) is 1. The molecule has 1 spiro atoms. The number of hydrogen-bond acceptors (Lipinski definition) is 4. The first-order valence-electron chi connectivity index (χ1n) is 9.92. The van der Waals surface area contributed by atoms with Gasteiger partial charge < -0.3 is 9.64 Å². The highest BCUT2D eigenvalue weighted by Gasteiger charge is 2.41. The summed E-state index contributed by atoms with van der Waals surface area (Å²) >= 11 is 0. The number of amides is 1. The van der Waals surface area contributed by atoms with Crippen molar-refractivity contribution in [2.75, 3.05) is 46.9 Å². The number of carbonyl (C=O) groups excluding carboxylic acids is 1. The minimum atomic E-state index is 0.109. The average Bonchev–Trinajstić information content (AvgIpc) is 2.79. The van der Waals surface area contributed by atoms with Crippen molar-refractivity contribution < 1.29 is 9.53 Å². The third-order valence-corrected chi connectivity index (χ3v) is 6.05. The highest BCUT2D eigenvalue weighted by Crippen LogP contribution is 2.33. The number of rotatable bonds is 5. The summed E-state index contributed by atoms with van der Waals surface area (Å²) in [6, 6.07) is 8.41. The van der Waals surface area contributed by atoms with Crippen molar-refractivity contribution in [2.45, 2.75) is 44.7 Å². The van der Waals surface area contributed by atoms with Crippen LogP contribution < -0.4 is 4.74 Å². The summed E-state index contributed by atoms with van der Waals surface area (Å²) in [4.78, 5) is 19.1. The largest absolute Gasteiger partial charge is 0.493 e. The molecule has 2 saturated heterocycles. The Balaban J connectivity index is 1.72. The van der Waals surface area contributed by atoms with E-state index in [1.54, 1.807) is 0 Å². The van der Waals surface area contributed by atoms with Crippen LogP contribution in [0.3, 0.4) is 0 Å². The van der Waals surface area contributed by atoms with Gasteiger partial charge >= 0.3 is 0 Å². The summed E-state index contributed by atoms with van der Waals surface area (Å²) in [6.07, 6.45) is 3.69. The van der Waals surface area contributed by atoms with Gasteiger partial charge in [-0.25, -0.2) is 0 Å². The van der Waals surface area contributed by atoms with Crippen molar-refractivity contribution in [1.82, 2.24) is 14.7 Å². The molecule has 2 fully saturated rings. The molecule has 0 bridgehead atoms. The van der Waals surface area contributed by atoms with Gasteiger partial charge in [0.2, 0.25) is 5.91 Å². The molecule has 0 saturated carbocycles. The van der Waals surface area contributed by atoms with Gasteiger partial charge in [-0.15, -0.1) is 0 Å². The Morgan fingerprint density at radius 2 is 1.92 bits per heavy atom. The van der Waals surface area contributed by atoms with E-state index in [1.165, 1.54) is 5.56 Å². The van der Waals surface area contributed by atoms with E-state index < -0.39 is 0 Å². The minimum Gasteiger partial charge on any atom is -0.493 e. The van der Waals surface area contributed by atoms with Crippen LogP contribution in [0.4, 0.5) is 0 Å². The Bertz CT molecular complexity index is 621. The van der Waals surface area contributed by atoms with Gasteiger partial charge in [0, 0.05) is 57.3 Å². The molecule has 2 aliphatic heterocycles. The molecule has 144 valence electrons. The molecule has 3 rings (SSSR count). The molecule has 0 aromatic heterocycles. The van der Waals surface area contributed by atoms with Gasteiger partial charge in [0.05, 0.1) is 6.61 Å². The maximum Gasteiger partial charge on any atom is 0.222 e. The standard InChI is InChI=1S/C21H33N3O2/c1-4-15-26-19-8-6-5-7-18(19)16-24-14-13-23(3)21(17-24)10-9-20(25)22(2)12-11-21/h5-8H,4,9-17H2,1-3H3/t21-/m1/s1. The predicted octanol–water partition coefficient (Wildman–Crippen LogP) is 2.60. The third-order valence-electron chi connectivity index (χ3n) is 6.05. The van der Waals surface area contributed by atoms with E-state index in [0.717, 1.165) is 64.3 Å². The molecule has 5 heteroatoms. The summed E-state index contributed by atoms with van der Waals surface area (Å²) < 4.78 is 5.95. The zero-order valence-corrected chi connectivity index (χ0v) is 16.5. The predicted molar refractivity (Wildman–Crippen MR) is 104 cm³/mol. The normalized spacial score (nSPS) is 25.5. The van der Waals surface area contributed by atoms with Crippen LogP contribution in [0.25, 0.3) is 0 Å². The molecule has 0 radical (unpaired) electrons. The van der Waals surface area contributed by atoms with Crippen LogP contribution in [0.15, 0.2) is 24.3 Å². The highest BCUT2D eigenvalue weighted by molar-refractivity contribution is 5.76. The first-order valence-corrected chi connectivity index (χ1v) is 9.92. The SMILES string of the molecule is CCCOc1ccccc1CN1CCN(C)[C@@]2(CCC(=O)N(C)CC2)C1. The second kappa shape index (κ2) is 8.40. The smallest absolute Gasteiger partial charge is 0.222 e. The number of benzene rings is 1. The Morgan fingerprint density at radius 1 is 1.12 bits per heavy atom. The van der Waals surface area contributed by atoms with E-state index in [-0.39, 0.29) is 11.4 Å². The number of hydrogen-bond donors (Lipinski definition) is 0. The molecule has 2 aliphatic rings. The van der Waals surface area contributed by atoms with Crippen LogP contribution in [0, 0.1) is 0 Å². The number of carbonyl (C=O) groups is 1. The molecule has 2 heterocycles. The van der Waals surface area contributed by atoms with E-state index >= 15 is 0 Å². The Kier molecular flexibility index (Phi) is 6.20. The molecular weight excluding hydrogens is 326 g/mol.